The molecule has 0 atom stereocenters. The number of aromatic nitrogens is 2. The van der Waals surface area contributed by atoms with Crippen molar-refractivity contribution in [2.24, 2.45) is 5.73 Å². The molecule has 2 aromatic rings. The van der Waals surface area contributed by atoms with Crippen LogP contribution in [0, 0.1) is 0 Å². The molecular weight excluding hydrogens is 216 g/mol. The number of hydrogen-bond acceptors (Lipinski definition) is 4. The lowest BCUT2D eigenvalue weighted by Gasteiger charge is -2.07. The molecule has 5 heteroatoms. The van der Waals surface area contributed by atoms with E-state index in [0.29, 0.717) is 17.9 Å². The predicted octanol–water partition coefficient (Wildman–Crippen LogP) is 1.19. The fourth-order valence-corrected chi connectivity index (χ4v) is 1.47. The van der Waals surface area contributed by atoms with E-state index in [9.17, 15) is 4.79 Å². The average Bonchev–Trinajstić information content (AvgIpc) is 2.40. The zero-order valence-corrected chi connectivity index (χ0v) is 9.13. The monoisotopic (exact) mass is 228 g/mol. The summed E-state index contributed by atoms with van der Waals surface area (Å²) in [5.74, 6) is 0.251. The van der Waals surface area contributed by atoms with E-state index in [4.69, 9.17) is 5.73 Å². The quantitative estimate of drug-likeness (QED) is 0.826. The molecule has 1 aromatic heterocycles. The number of nitrogens with two attached hydrogens (primary N) is 1. The van der Waals surface area contributed by atoms with Crippen LogP contribution in [0.1, 0.15) is 15.9 Å². The van der Waals surface area contributed by atoms with Gasteiger partial charge in [0.1, 0.15) is 12.1 Å². The van der Waals surface area contributed by atoms with E-state index >= 15 is 0 Å². The highest BCUT2D eigenvalue weighted by Gasteiger charge is 2.10. The molecule has 17 heavy (non-hydrogen) atoms. The molecule has 1 amide bonds. The lowest BCUT2D eigenvalue weighted by atomic mass is 10.1. The molecule has 0 bridgehead atoms. The Hall–Kier alpha value is -2.27. The van der Waals surface area contributed by atoms with Crippen molar-refractivity contribution in [2.45, 2.75) is 6.54 Å². The minimum Gasteiger partial charge on any atom is -0.326 e. The van der Waals surface area contributed by atoms with E-state index < -0.39 is 0 Å². The summed E-state index contributed by atoms with van der Waals surface area (Å²) in [4.78, 5) is 19.7. The highest BCUT2D eigenvalue weighted by molar-refractivity contribution is 6.04. The Morgan fingerprint density at radius 3 is 2.82 bits per heavy atom. The highest BCUT2D eigenvalue weighted by Crippen LogP contribution is 2.10. The minimum absolute atomic E-state index is 0.218. The summed E-state index contributed by atoms with van der Waals surface area (Å²) in [6.07, 6.45) is 2.95. The van der Waals surface area contributed by atoms with Crippen molar-refractivity contribution in [3.8, 4) is 0 Å². The van der Waals surface area contributed by atoms with Crippen molar-refractivity contribution in [3.63, 3.8) is 0 Å². The molecule has 1 heterocycles. The van der Waals surface area contributed by atoms with Crippen LogP contribution in [0.2, 0.25) is 0 Å². The molecule has 0 unspecified atom stereocenters. The van der Waals surface area contributed by atoms with Gasteiger partial charge < -0.3 is 11.1 Å². The van der Waals surface area contributed by atoms with E-state index in [1.807, 2.05) is 12.1 Å². The molecule has 3 N–H and O–H groups in total. The van der Waals surface area contributed by atoms with Crippen molar-refractivity contribution < 1.29 is 4.79 Å². The van der Waals surface area contributed by atoms with Crippen LogP contribution in [0.5, 0.6) is 0 Å². The van der Waals surface area contributed by atoms with Crippen LogP contribution in [0.15, 0.2) is 42.9 Å². The number of rotatable bonds is 3. The van der Waals surface area contributed by atoms with Crippen molar-refractivity contribution in [1.29, 1.82) is 0 Å². The first kappa shape index (κ1) is 11.2. The van der Waals surface area contributed by atoms with Crippen molar-refractivity contribution in [2.75, 3.05) is 5.32 Å². The fourth-order valence-electron chi connectivity index (χ4n) is 1.47. The maximum absolute atomic E-state index is 12.0. The fraction of sp³-hybridized carbons (Fsp3) is 0.0833. The number of benzene rings is 1. The van der Waals surface area contributed by atoms with Gasteiger partial charge in [0.15, 0.2) is 0 Å². The van der Waals surface area contributed by atoms with Crippen molar-refractivity contribution >= 4 is 11.7 Å². The molecule has 0 spiro atoms. The zero-order valence-electron chi connectivity index (χ0n) is 9.13. The van der Waals surface area contributed by atoms with Crippen LogP contribution in [-0.2, 0) is 6.54 Å². The van der Waals surface area contributed by atoms with Gasteiger partial charge in [-0.15, -0.1) is 0 Å². The van der Waals surface area contributed by atoms with E-state index in [1.54, 1.807) is 24.4 Å². The van der Waals surface area contributed by atoms with Gasteiger partial charge in [-0.2, -0.15) is 0 Å². The first-order valence-electron chi connectivity index (χ1n) is 5.16. The normalized spacial score (nSPS) is 9.94. The average molecular weight is 228 g/mol. The van der Waals surface area contributed by atoms with Gasteiger partial charge >= 0.3 is 0 Å². The lowest BCUT2D eigenvalue weighted by molar-refractivity contribution is 0.102. The van der Waals surface area contributed by atoms with Gasteiger partial charge in [-0.05, 0) is 17.7 Å². The predicted molar refractivity (Wildman–Crippen MR) is 64.3 cm³/mol. The van der Waals surface area contributed by atoms with Crippen LogP contribution in [0.25, 0.3) is 0 Å². The summed E-state index contributed by atoms with van der Waals surface area (Å²) < 4.78 is 0. The van der Waals surface area contributed by atoms with E-state index in [0.717, 1.165) is 5.56 Å². The zero-order chi connectivity index (χ0) is 12.1. The molecule has 5 nitrogen and oxygen atoms in total. The third-order valence-corrected chi connectivity index (χ3v) is 2.31. The molecule has 0 aliphatic rings. The van der Waals surface area contributed by atoms with Gasteiger partial charge in [0.2, 0.25) is 0 Å². The van der Waals surface area contributed by atoms with Gasteiger partial charge in [0, 0.05) is 18.3 Å². The molecule has 1 aromatic carbocycles. The number of nitrogens with zero attached hydrogens (tertiary/aromatic N) is 2. The molecule has 86 valence electrons. The van der Waals surface area contributed by atoms with Gasteiger partial charge in [-0.1, -0.05) is 18.2 Å². The van der Waals surface area contributed by atoms with Gasteiger partial charge in [-0.25, -0.2) is 9.97 Å². The van der Waals surface area contributed by atoms with E-state index in [-0.39, 0.29) is 5.91 Å². The third kappa shape index (κ3) is 2.64. The maximum atomic E-state index is 12.0. The van der Waals surface area contributed by atoms with E-state index in [2.05, 4.69) is 15.3 Å². The molecule has 0 aliphatic carbocycles. The summed E-state index contributed by atoms with van der Waals surface area (Å²) in [5.41, 5.74) is 6.94. The van der Waals surface area contributed by atoms with Gasteiger partial charge in [-0.3, -0.25) is 4.79 Å². The van der Waals surface area contributed by atoms with Crippen LogP contribution < -0.4 is 11.1 Å². The molecule has 0 saturated carbocycles. The van der Waals surface area contributed by atoms with Gasteiger partial charge in [0.05, 0.1) is 0 Å². The Bertz CT molecular complexity index is 513. The Morgan fingerprint density at radius 1 is 1.29 bits per heavy atom. The van der Waals surface area contributed by atoms with Crippen LogP contribution >= 0.6 is 0 Å². The Balaban J connectivity index is 2.20. The molecule has 0 radical (unpaired) electrons. The van der Waals surface area contributed by atoms with E-state index in [1.165, 1.54) is 6.33 Å². The van der Waals surface area contributed by atoms with Gasteiger partial charge in [0.25, 0.3) is 5.91 Å². The number of hydrogen-bond donors (Lipinski definition) is 2. The van der Waals surface area contributed by atoms with Crippen LogP contribution in [0.3, 0.4) is 0 Å². The Morgan fingerprint density at radius 2 is 2.12 bits per heavy atom. The minimum atomic E-state index is -0.218. The standard InChI is InChI=1S/C12H12N4O/c13-7-9-3-1-2-4-10(9)12(17)16-11-5-6-14-8-15-11/h1-6,8H,7,13H2,(H,14,15,16,17). The molecule has 0 saturated heterocycles. The molecule has 0 fully saturated rings. The first-order chi connectivity index (χ1) is 8.31. The second-order valence-corrected chi connectivity index (χ2v) is 3.41. The summed E-state index contributed by atoms with van der Waals surface area (Å²) in [6, 6.07) is 8.84. The number of anilines is 1. The second kappa shape index (κ2) is 5.18. The first-order valence-corrected chi connectivity index (χ1v) is 5.16. The summed E-state index contributed by atoms with van der Waals surface area (Å²) >= 11 is 0. The smallest absolute Gasteiger partial charge is 0.257 e. The molecule has 0 aliphatic heterocycles. The number of carbonyl (C=O) groups excluding carboxylic acids is 1. The Labute approximate surface area is 98.7 Å². The van der Waals surface area contributed by atoms with Crippen LogP contribution in [0.4, 0.5) is 5.82 Å². The summed E-state index contributed by atoms with van der Waals surface area (Å²) in [7, 11) is 0. The van der Waals surface area contributed by atoms with Crippen molar-refractivity contribution in [3.05, 3.63) is 54.0 Å². The number of amides is 1. The Kier molecular flexibility index (Phi) is 3.42. The summed E-state index contributed by atoms with van der Waals surface area (Å²) in [6.45, 7) is 0.327. The van der Waals surface area contributed by atoms with Crippen molar-refractivity contribution in [1.82, 2.24) is 9.97 Å². The number of carbonyl (C=O) groups is 1. The highest BCUT2D eigenvalue weighted by atomic mass is 16.1. The summed E-state index contributed by atoms with van der Waals surface area (Å²) in [5, 5.41) is 2.69. The topological polar surface area (TPSA) is 80.9 Å². The maximum Gasteiger partial charge on any atom is 0.257 e. The third-order valence-electron chi connectivity index (χ3n) is 2.31. The lowest BCUT2D eigenvalue weighted by Crippen LogP contribution is -2.16. The molecule has 2 rings (SSSR count). The SMILES string of the molecule is NCc1ccccc1C(=O)Nc1ccncn1. The number of nitrogens with one attached hydrogen (secondary N) is 1. The largest absolute Gasteiger partial charge is 0.326 e. The molecular formula is C12H12N4O. The second-order valence-electron chi connectivity index (χ2n) is 3.41. The van der Waals surface area contributed by atoms with Crippen LogP contribution in [-0.4, -0.2) is 15.9 Å².